The van der Waals surface area contributed by atoms with Gasteiger partial charge in [0.15, 0.2) is 0 Å². The average molecular weight is 399 g/mol. The Morgan fingerprint density at radius 2 is 1.65 bits per heavy atom. The number of pyridine rings is 1. The molecule has 0 fully saturated rings. The zero-order valence-corrected chi connectivity index (χ0v) is 16.2. The van der Waals surface area contributed by atoms with E-state index in [1.807, 2.05) is 19.2 Å². The Morgan fingerprint density at radius 3 is 2.27 bits per heavy atom. The molecule has 0 unspecified atom stereocenters. The van der Waals surface area contributed by atoms with Crippen LogP contribution in [-0.2, 0) is 11.3 Å². The third kappa shape index (κ3) is 8.29. The SMILES string of the molecule is CNCCCC(=O)NCc1ccc(C(=O)Nc2ccncc2)cc1.Cl.Cl. The number of nitrogens with zero attached hydrogens (tertiary/aromatic N) is 1. The molecule has 0 bridgehead atoms. The van der Waals surface area contributed by atoms with Gasteiger partial charge < -0.3 is 16.0 Å². The van der Waals surface area contributed by atoms with Crippen molar-refractivity contribution in [2.24, 2.45) is 0 Å². The predicted octanol–water partition coefficient (Wildman–Crippen LogP) is 2.79. The number of rotatable bonds is 8. The van der Waals surface area contributed by atoms with Crippen LogP contribution in [0.3, 0.4) is 0 Å². The Morgan fingerprint density at radius 1 is 1.00 bits per heavy atom. The van der Waals surface area contributed by atoms with E-state index < -0.39 is 0 Å². The molecular weight excluding hydrogens is 375 g/mol. The number of amides is 2. The lowest BCUT2D eigenvalue weighted by Crippen LogP contribution is -2.23. The van der Waals surface area contributed by atoms with E-state index in [1.165, 1.54) is 0 Å². The summed E-state index contributed by atoms with van der Waals surface area (Å²) in [6.07, 6.45) is 4.57. The maximum Gasteiger partial charge on any atom is 0.255 e. The van der Waals surface area contributed by atoms with Gasteiger partial charge >= 0.3 is 0 Å². The number of halogens is 2. The van der Waals surface area contributed by atoms with Crippen LogP contribution >= 0.6 is 24.8 Å². The van der Waals surface area contributed by atoms with Gasteiger partial charge in [0.05, 0.1) is 0 Å². The first-order valence-electron chi connectivity index (χ1n) is 7.90. The van der Waals surface area contributed by atoms with E-state index in [4.69, 9.17) is 0 Å². The third-order valence-electron chi connectivity index (χ3n) is 3.47. The highest BCUT2D eigenvalue weighted by Crippen LogP contribution is 2.09. The second-order valence-electron chi connectivity index (χ2n) is 5.37. The van der Waals surface area contributed by atoms with E-state index in [1.54, 1.807) is 36.7 Å². The molecule has 142 valence electrons. The second kappa shape index (κ2) is 13.1. The number of aromatic nitrogens is 1. The first kappa shape index (κ1) is 23.9. The zero-order chi connectivity index (χ0) is 17.2. The molecule has 2 rings (SSSR count). The molecule has 3 N–H and O–H groups in total. The quantitative estimate of drug-likeness (QED) is 0.596. The topological polar surface area (TPSA) is 83.1 Å². The second-order valence-corrected chi connectivity index (χ2v) is 5.37. The minimum Gasteiger partial charge on any atom is -0.352 e. The molecule has 0 spiro atoms. The number of nitrogens with one attached hydrogen (secondary N) is 3. The van der Waals surface area contributed by atoms with E-state index in [-0.39, 0.29) is 36.6 Å². The van der Waals surface area contributed by atoms with Crippen molar-refractivity contribution in [2.45, 2.75) is 19.4 Å². The average Bonchev–Trinajstić information content (AvgIpc) is 2.61. The first-order valence-corrected chi connectivity index (χ1v) is 7.90. The van der Waals surface area contributed by atoms with Gasteiger partial charge in [-0.2, -0.15) is 0 Å². The highest BCUT2D eigenvalue weighted by Gasteiger charge is 2.06. The lowest BCUT2D eigenvalue weighted by atomic mass is 10.1. The van der Waals surface area contributed by atoms with Crippen LogP contribution in [0, 0.1) is 0 Å². The standard InChI is InChI=1S/C18H22N4O2.2ClH/c1-19-10-2-3-17(23)21-13-14-4-6-15(7-5-14)18(24)22-16-8-11-20-12-9-16;;/h4-9,11-12,19H,2-3,10,13H2,1H3,(H,21,23)(H,20,22,24);2*1H. The molecule has 1 aromatic carbocycles. The van der Waals surface area contributed by atoms with Crippen molar-refractivity contribution in [2.75, 3.05) is 18.9 Å². The Kier molecular flexibility index (Phi) is 12.0. The normalized spacial score (nSPS) is 9.42. The van der Waals surface area contributed by atoms with E-state index in [2.05, 4.69) is 20.9 Å². The van der Waals surface area contributed by atoms with Crippen LogP contribution in [0.5, 0.6) is 0 Å². The Hall–Kier alpha value is -2.15. The van der Waals surface area contributed by atoms with Crippen molar-refractivity contribution in [3.8, 4) is 0 Å². The molecule has 0 radical (unpaired) electrons. The van der Waals surface area contributed by atoms with Gasteiger partial charge in [-0.1, -0.05) is 12.1 Å². The summed E-state index contributed by atoms with van der Waals surface area (Å²) in [7, 11) is 1.87. The number of benzene rings is 1. The molecule has 1 heterocycles. The summed E-state index contributed by atoms with van der Waals surface area (Å²) in [5.41, 5.74) is 2.22. The molecule has 0 saturated heterocycles. The van der Waals surface area contributed by atoms with Gasteiger partial charge in [-0.05, 0) is 49.8 Å². The maximum atomic E-state index is 12.1. The molecule has 2 amide bonds. The molecule has 0 saturated carbocycles. The molecule has 0 atom stereocenters. The van der Waals surface area contributed by atoms with Crippen molar-refractivity contribution >= 4 is 42.3 Å². The van der Waals surface area contributed by atoms with Crippen LogP contribution < -0.4 is 16.0 Å². The number of carbonyl (C=O) groups is 2. The molecule has 1 aromatic heterocycles. The summed E-state index contributed by atoms with van der Waals surface area (Å²) in [6.45, 7) is 1.29. The molecule has 0 aliphatic carbocycles. The molecular formula is C18H24Cl2N4O2. The monoisotopic (exact) mass is 398 g/mol. The largest absolute Gasteiger partial charge is 0.352 e. The minimum absolute atomic E-state index is 0. The van der Waals surface area contributed by atoms with E-state index in [9.17, 15) is 9.59 Å². The summed E-state index contributed by atoms with van der Waals surface area (Å²) in [5, 5.41) is 8.68. The van der Waals surface area contributed by atoms with Gasteiger partial charge in [0.1, 0.15) is 0 Å². The van der Waals surface area contributed by atoms with Crippen LogP contribution in [0.25, 0.3) is 0 Å². The summed E-state index contributed by atoms with van der Waals surface area (Å²) < 4.78 is 0. The summed E-state index contributed by atoms with van der Waals surface area (Å²) in [5.74, 6) is -0.145. The fourth-order valence-electron chi connectivity index (χ4n) is 2.13. The Balaban J connectivity index is 0.00000312. The number of hydrogen-bond donors (Lipinski definition) is 3. The molecule has 8 heteroatoms. The van der Waals surface area contributed by atoms with Gasteiger partial charge in [-0.25, -0.2) is 0 Å². The van der Waals surface area contributed by atoms with Gasteiger partial charge in [0.2, 0.25) is 5.91 Å². The van der Waals surface area contributed by atoms with E-state index >= 15 is 0 Å². The van der Waals surface area contributed by atoms with Crippen molar-refractivity contribution in [3.63, 3.8) is 0 Å². The summed E-state index contributed by atoms with van der Waals surface area (Å²) in [6, 6.07) is 10.6. The van der Waals surface area contributed by atoms with Gasteiger partial charge in [0.25, 0.3) is 5.91 Å². The lowest BCUT2D eigenvalue weighted by Gasteiger charge is -2.07. The fraction of sp³-hybridized carbons (Fsp3) is 0.278. The van der Waals surface area contributed by atoms with Crippen LogP contribution in [0.2, 0.25) is 0 Å². The maximum absolute atomic E-state index is 12.1. The summed E-state index contributed by atoms with van der Waals surface area (Å²) >= 11 is 0. The number of hydrogen-bond acceptors (Lipinski definition) is 4. The Labute approximate surface area is 166 Å². The van der Waals surface area contributed by atoms with Crippen molar-refractivity contribution in [3.05, 3.63) is 59.9 Å². The lowest BCUT2D eigenvalue weighted by molar-refractivity contribution is -0.121. The van der Waals surface area contributed by atoms with Crippen LogP contribution in [0.1, 0.15) is 28.8 Å². The highest BCUT2D eigenvalue weighted by atomic mass is 35.5. The minimum atomic E-state index is -0.177. The van der Waals surface area contributed by atoms with Crippen molar-refractivity contribution in [1.29, 1.82) is 0 Å². The smallest absolute Gasteiger partial charge is 0.255 e. The highest BCUT2D eigenvalue weighted by molar-refractivity contribution is 6.04. The predicted molar refractivity (Wildman–Crippen MR) is 108 cm³/mol. The fourth-order valence-corrected chi connectivity index (χ4v) is 2.13. The molecule has 0 aliphatic heterocycles. The molecule has 0 aliphatic rings. The third-order valence-corrected chi connectivity index (χ3v) is 3.47. The molecule has 26 heavy (non-hydrogen) atoms. The Bertz CT molecular complexity index is 667. The van der Waals surface area contributed by atoms with Gasteiger partial charge in [-0.3, -0.25) is 14.6 Å². The van der Waals surface area contributed by atoms with Crippen molar-refractivity contribution in [1.82, 2.24) is 15.6 Å². The van der Waals surface area contributed by atoms with Crippen LogP contribution in [-0.4, -0.2) is 30.4 Å². The van der Waals surface area contributed by atoms with Gasteiger partial charge in [0, 0.05) is 36.6 Å². The summed E-state index contributed by atoms with van der Waals surface area (Å²) in [4.78, 5) is 27.7. The number of carbonyl (C=O) groups excluding carboxylic acids is 2. The van der Waals surface area contributed by atoms with E-state index in [0.717, 1.165) is 18.5 Å². The van der Waals surface area contributed by atoms with Gasteiger partial charge in [-0.15, -0.1) is 24.8 Å². The van der Waals surface area contributed by atoms with E-state index in [0.29, 0.717) is 24.2 Å². The van der Waals surface area contributed by atoms with Crippen LogP contribution in [0.15, 0.2) is 48.8 Å². The zero-order valence-electron chi connectivity index (χ0n) is 14.5. The molecule has 2 aromatic rings. The van der Waals surface area contributed by atoms with Crippen molar-refractivity contribution < 1.29 is 9.59 Å². The number of anilines is 1. The van der Waals surface area contributed by atoms with Crippen LogP contribution in [0.4, 0.5) is 5.69 Å². The molecule has 6 nitrogen and oxygen atoms in total. The first-order chi connectivity index (χ1) is 11.7.